The van der Waals surface area contributed by atoms with Gasteiger partial charge in [0.15, 0.2) is 0 Å². The molecule has 1 N–H and O–H groups in total. The zero-order valence-corrected chi connectivity index (χ0v) is 17.5. The van der Waals surface area contributed by atoms with Crippen molar-refractivity contribution >= 4 is 34.9 Å². The van der Waals surface area contributed by atoms with E-state index in [-0.39, 0.29) is 10.7 Å². The lowest BCUT2D eigenvalue weighted by atomic mass is 10.0. The van der Waals surface area contributed by atoms with Crippen molar-refractivity contribution in [1.29, 1.82) is 0 Å². The fourth-order valence-corrected chi connectivity index (χ4v) is 4.45. The fourth-order valence-electron chi connectivity index (χ4n) is 4.10. The van der Waals surface area contributed by atoms with E-state index in [1.165, 1.54) is 12.1 Å². The van der Waals surface area contributed by atoms with Gasteiger partial charge in [0.05, 0.1) is 12.0 Å². The first-order valence-corrected chi connectivity index (χ1v) is 10.2. The molecular weight excluding hydrogens is 417 g/mol. The molecule has 0 radical (unpaired) electrons. The van der Waals surface area contributed by atoms with Gasteiger partial charge in [-0.3, -0.25) is 9.59 Å². The minimum atomic E-state index is -0.518. The second kappa shape index (κ2) is 7.39. The number of pyridine rings is 1. The zero-order valence-electron chi connectivity index (χ0n) is 16.6. The molecule has 0 fully saturated rings. The predicted molar refractivity (Wildman–Crippen MR) is 121 cm³/mol. The van der Waals surface area contributed by atoms with E-state index < -0.39 is 10.9 Å². The number of rotatable bonds is 4. The van der Waals surface area contributed by atoms with Crippen molar-refractivity contribution in [3.63, 3.8) is 0 Å². The zero-order chi connectivity index (χ0) is 21.7. The number of benzene rings is 1. The molecule has 0 unspecified atom stereocenters. The number of nitrogens with one attached hydrogen (secondary N) is 1. The topological polar surface area (TPSA) is 75.3 Å². The van der Waals surface area contributed by atoms with Gasteiger partial charge in [-0.15, -0.1) is 12.6 Å². The van der Waals surface area contributed by atoms with Crippen LogP contribution in [0.3, 0.4) is 0 Å². The molecular formula is C23H18FN3O3S. The van der Waals surface area contributed by atoms with Crippen LogP contribution in [0, 0.1) is 5.82 Å². The SMILES string of the molecule is COc1ccc(F)cc1-c1ccnc2[nH]c(C3=CCN(c4c(S)c(=O)c4=O)CC3)cc12. The van der Waals surface area contributed by atoms with E-state index in [1.807, 2.05) is 23.1 Å². The van der Waals surface area contributed by atoms with Crippen molar-refractivity contribution in [2.75, 3.05) is 25.1 Å². The highest BCUT2D eigenvalue weighted by atomic mass is 32.1. The lowest BCUT2D eigenvalue weighted by Crippen LogP contribution is -2.43. The van der Waals surface area contributed by atoms with Crippen LogP contribution in [0.5, 0.6) is 5.75 Å². The highest BCUT2D eigenvalue weighted by molar-refractivity contribution is 7.80. The third-order valence-electron chi connectivity index (χ3n) is 5.72. The Morgan fingerprint density at radius 2 is 2.00 bits per heavy atom. The smallest absolute Gasteiger partial charge is 0.251 e. The molecule has 0 spiro atoms. The van der Waals surface area contributed by atoms with E-state index in [0.29, 0.717) is 42.2 Å². The summed E-state index contributed by atoms with van der Waals surface area (Å²) in [5.74, 6) is 0.244. The minimum Gasteiger partial charge on any atom is -0.496 e. The summed E-state index contributed by atoms with van der Waals surface area (Å²) in [5.41, 5.74) is 3.60. The molecule has 4 aromatic rings. The number of aromatic nitrogens is 2. The predicted octanol–water partition coefficient (Wildman–Crippen LogP) is 3.56. The molecule has 0 bridgehead atoms. The van der Waals surface area contributed by atoms with E-state index in [0.717, 1.165) is 22.2 Å². The molecule has 0 saturated carbocycles. The van der Waals surface area contributed by atoms with Crippen LogP contribution in [0.4, 0.5) is 10.1 Å². The summed E-state index contributed by atoms with van der Waals surface area (Å²) in [5, 5.41) is 0.866. The molecule has 0 saturated heterocycles. The lowest BCUT2D eigenvalue weighted by Gasteiger charge is -2.29. The molecule has 0 aliphatic carbocycles. The largest absolute Gasteiger partial charge is 0.496 e. The van der Waals surface area contributed by atoms with Crippen LogP contribution < -0.4 is 20.5 Å². The molecule has 31 heavy (non-hydrogen) atoms. The van der Waals surface area contributed by atoms with Gasteiger partial charge in [0.1, 0.15) is 22.9 Å². The monoisotopic (exact) mass is 435 g/mol. The van der Waals surface area contributed by atoms with Crippen molar-refractivity contribution in [3.05, 3.63) is 74.6 Å². The number of nitrogens with zero attached hydrogens (tertiary/aromatic N) is 2. The summed E-state index contributed by atoms with van der Waals surface area (Å²) in [6.07, 6.45) is 4.40. The van der Waals surface area contributed by atoms with Crippen molar-refractivity contribution in [1.82, 2.24) is 9.97 Å². The van der Waals surface area contributed by atoms with Crippen molar-refractivity contribution < 1.29 is 9.13 Å². The Hall–Kier alpha value is -3.39. The van der Waals surface area contributed by atoms with Crippen LogP contribution in [0.1, 0.15) is 12.1 Å². The molecule has 0 atom stereocenters. The second-order valence-electron chi connectivity index (χ2n) is 7.43. The maximum atomic E-state index is 13.9. The summed E-state index contributed by atoms with van der Waals surface area (Å²) in [6, 6.07) is 8.28. The van der Waals surface area contributed by atoms with Gasteiger partial charge >= 0.3 is 0 Å². The van der Waals surface area contributed by atoms with Crippen LogP contribution in [0.15, 0.2) is 57.1 Å². The van der Waals surface area contributed by atoms with Gasteiger partial charge in [-0.25, -0.2) is 9.37 Å². The highest BCUT2D eigenvalue weighted by Gasteiger charge is 2.25. The minimum absolute atomic E-state index is 0.241. The number of thiol groups is 1. The van der Waals surface area contributed by atoms with Gasteiger partial charge in [0.25, 0.3) is 5.43 Å². The van der Waals surface area contributed by atoms with Crippen LogP contribution in [0.25, 0.3) is 27.7 Å². The van der Waals surface area contributed by atoms with E-state index in [4.69, 9.17) is 4.74 Å². The Balaban J connectivity index is 1.51. The highest BCUT2D eigenvalue weighted by Crippen LogP contribution is 2.36. The van der Waals surface area contributed by atoms with Crippen LogP contribution >= 0.6 is 12.6 Å². The summed E-state index contributed by atoms with van der Waals surface area (Å²) in [4.78, 5) is 33.1. The average molecular weight is 435 g/mol. The van der Waals surface area contributed by atoms with Gasteiger partial charge < -0.3 is 14.6 Å². The van der Waals surface area contributed by atoms with Crippen LogP contribution in [0.2, 0.25) is 0 Å². The number of H-pyrrole nitrogens is 1. The first kappa shape index (κ1) is 19.6. The van der Waals surface area contributed by atoms with Gasteiger partial charge in [0.2, 0.25) is 5.43 Å². The third kappa shape index (κ3) is 3.14. The Bertz CT molecular complexity index is 1430. The number of ether oxygens (including phenoxy) is 1. The Morgan fingerprint density at radius 3 is 2.71 bits per heavy atom. The van der Waals surface area contributed by atoms with Crippen LogP contribution in [-0.2, 0) is 0 Å². The Kier molecular flexibility index (Phi) is 4.66. The number of hydrogen-bond acceptors (Lipinski definition) is 6. The number of hydrogen-bond donors (Lipinski definition) is 2. The Labute approximate surface area is 182 Å². The summed E-state index contributed by atoms with van der Waals surface area (Å²) < 4.78 is 19.4. The molecule has 1 aliphatic rings. The van der Waals surface area contributed by atoms with Crippen molar-refractivity contribution in [2.45, 2.75) is 11.3 Å². The molecule has 156 valence electrons. The summed E-state index contributed by atoms with van der Waals surface area (Å²) >= 11 is 4.14. The first-order chi connectivity index (χ1) is 15.0. The summed E-state index contributed by atoms with van der Waals surface area (Å²) in [6.45, 7) is 1.12. The number of methoxy groups -OCH3 is 1. The lowest BCUT2D eigenvalue weighted by molar-refractivity contribution is 0.415. The van der Waals surface area contributed by atoms with E-state index in [1.54, 1.807) is 19.4 Å². The van der Waals surface area contributed by atoms with E-state index in [2.05, 4.69) is 22.6 Å². The fraction of sp³-hybridized carbons (Fsp3) is 0.174. The van der Waals surface area contributed by atoms with Gasteiger partial charge in [-0.05, 0) is 47.9 Å². The van der Waals surface area contributed by atoms with Crippen molar-refractivity contribution in [3.8, 4) is 16.9 Å². The second-order valence-corrected chi connectivity index (χ2v) is 7.88. The number of aromatic amines is 1. The standard InChI is InChI=1S/C23H18FN3O3S/c1-30-18-3-2-13(24)10-15(18)14-4-7-25-23-16(14)11-17(26-23)12-5-8-27(9-6-12)19-20(28)21(29)22(19)31/h2-5,7,10-11,31H,6,8-9H2,1H3,(H,25,26). The van der Waals surface area contributed by atoms with E-state index >= 15 is 0 Å². The number of fused-ring (bicyclic) bond motifs is 1. The molecule has 0 amide bonds. The molecule has 2 aromatic carbocycles. The molecule has 2 aromatic heterocycles. The first-order valence-electron chi connectivity index (χ1n) is 9.76. The molecule has 5 rings (SSSR count). The van der Waals surface area contributed by atoms with Gasteiger partial charge in [0, 0.05) is 35.9 Å². The molecule has 8 heteroatoms. The number of halogens is 1. The quantitative estimate of drug-likeness (QED) is 0.379. The van der Waals surface area contributed by atoms with Gasteiger partial charge in [-0.1, -0.05) is 6.08 Å². The molecule has 1 aliphatic heterocycles. The van der Waals surface area contributed by atoms with Crippen molar-refractivity contribution in [2.24, 2.45) is 0 Å². The Morgan fingerprint density at radius 1 is 1.16 bits per heavy atom. The van der Waals surface area contributed by atoms with Crippen LogP contribution in [-0.4, -0.2) is 30.2 Å². The maximum Gasteiger partial charge on any atom is 0.251 e. The normalized spacial score (nSPS) is 14.3. The maximum absolute atomic E-state index is 13.9. The van der Waals surface area contributed by atoms with Gasteiger partial charge in [-0.2, -0.15) is 0 Å². The third-order valence-corrected chi connectivity index (χ3v) is 6.13. The molecule has 3 heterocycles. The summed E-state index contributed by atoms with van der Waals surface area (Å²) in [7, 11) is 1.56. The van der Waals surface area contributed by atoms with E-state index in [9.17, 15) is 14.0 Å². The number of anilines is 1. The average Bonchev–Trinajstić information content (AvgIpc) is 3.24. The molecule has 6 nitrogen and oxygen atoms in total.